The van der Waals surface area contributed by atoms with E-state index in [1.807, 2.05) is 6.07 Å². The molecule has 2 atom stereocenters. The highest BCUT2D eigenvalue weighted by atomic mass is 16.5. The van der Waals surface area contributed by atoms with Crippen LogP contribution in [0.15, 0.2) is 24.3 Å². The maximum atomic E-state index is 12.0. The van der Waals surface area contributed by atoms with E-state index in [0.717, 1.165) is 19.3 Å². The molecular formula is C15H20O3. The van der Waals surface area contributed by atoms with E-state index in [0.29, 0.717) is 17.2 Å². The van der Waals surface area contributed by atoms with E-state index in [2.05, 4.69) is 6.92 Å². The molecule has 0 spiro atoms. The van der Waals surface area contributed by atoms with Crippen molar-refractivity contribution < 1.29 is 14.3 Å². The van der Waals surface area contributed by atoms with Crippen LogP contribution in [0.4, 0.5) is 0 Å². The minimum absolute atomic E-state index is 0.0671. The fourth-order valence-corrected chi connectivity index (χ4v) is 2.41. The average molecular weight is 248 g/mol. The second-order valence-corrected chi connectivity index (χ2v) is 4.94. The fraction of sp³-hybridized carbons (Fsp3) is 0.533. The lowest BCUT2D eigenvalue weighted by atomic mass is 9.88. The van der Waals surface area contributed by atoms with Crippen LogP contribution >= 0.6 is 0 Å². The molecule has 1 aromatic rings. The quantitative estimate of drug-likeness (QED) is 0.769. The molecule has 1 fully saturated rings. The molecule has 1 aliphatic carbocycles. The Morgan fingerprint density at radius 2 is 2.06 bits per heavy atom. The Kier molecular flexibility index (Phi) is 4.24. The first-order valence-electron chi connectivity index (χ1n) is 6.55. The van der Waals surface area contributed by atoms with Crippen LogP contribution < -0.4 is 4.74 Å². The lowest BCUT2D eigenvalue weighted by Gasteiger charge is -2.28. The molecule has 18 heavy (non-hydrogen) atoms. The van der Waals surface area contributed by atoms with Crippen LogP contribution in [0.3, 0.4) is 0 Å². The van der Waals surface area contributed by atoms with Gasteiger partial charge in [-0.2, -0.15) is 0 Å². The molecule has 0 unspecified atom stereocenters. The number of esters is 1. The summed E-state index contributed by atoms with van der Waals surface area (Å²) in [5.41, 5.74) is 0.562. The molecule has 1 aliphatic rings. The monoisotopic (exact) mass is 248 g/mol. The van der Waals surface area contributed by atoms with Crippen molar-refractivity contribution in [2.24, 2.45) is 5.92 Å². The van der Waals surface area contributed by atoms with Gasteiger partial charge in [0.25, 0.3) is 0 Å². The standard InChI is InChI=1S/C15H20O3/c1-11-6-3-4-9-14(11)18-15(16)12-7-5-8-13(10-12)17-2/h5,7-8,10-11,14H,3-4,6,9H2,1-2H3/t11-,14-/m1/s1. The van der Waals surface area contributed by atoms with Gasteiger partial charge >= 0.3 is 5.97 Å². The Morgan fingerprint density at radius 3 is 2.78 bits per heavy atom. The third kappa shape index (κ3) is 3.03. The van der Waals surface area contributed by atoms with Crippen LogP contribution in [0.2, 0.25) is 0 Å². The molecule has 0 N–H and O–H groups in total. The van der Waals surface area contributed by atoms with E-state index in [4.69, 9.17) is 9.47 Å². The first-order chi connectivity index (χ1) is 8.70. The van der Waals surface area contributed by atoms with Gasteiger partial charge in [-0.05, 0) is 43.4 Å². The van der Waals surface area contributed by atoms with Crippen LogP contribution in [0.25, 0.3) is 0 Å². The minimum atomic E-state index is -0.243. The number of benzene rings is 1. The number of carbonyl (C=O) groups excluding carboxylic acids is 1. The fourth-order valence-electron chi connectivity index (χ4n) is 2.41. The Bertz CT molecular complexity index is 414. The Hall–Kier alpha value is -1.51. The van der Waals surface area contributed by atoms with Crippen molar-refractivity contribution in [3.05, 3.63) is 29.8 Å². The summed E-state index contributed by atoms with van der Waals surface area (Å²) in [5, 5.41) is 0. The van der Waals surface area contributed by atoms with E-state index < -0.39 is 0 Å². The molecule has 1 aromatic carbocycles. The van der Waals surface area contributed by atoms with Crippen LogP contribution in [0.5, 0.6) is 5.75 Å². The highest BCUT2D eigenvalue weighted by molar-refractivity contribution is 5.90. The van der Waals surface area contributed by atoms with E-state index in [-0.39, 0.29) is 12.1 Å². The topological polar surface area (TPSA) is 35.5 Å². The number of rotatable bonds is 3. The predicted octanol–water partition coefficient (Wildman–Crippen LogP) is 3.43. The molecular weight excluding hydrogens is 228 g/mol. The number of hydrogen-bond acceptors (Lipinski definition) is 3. The number of methoxy groups -OCH3 is 1. The maximum Gasteiger partial charge on any atom is 0.338 e. The smallest absolute Gasteiger partial charge is 0.338 e. The largest absolute Gasteiger partial charge is 0.497 e. The van der Waals surface area contributed by atoms with Crippen molar-refractivity contribution in [1.82, 2.24) is 0 Å². The van der Waals surface area contributed by atoms with Gasteiger partial charge in [-0.1, -0.05) is 19.4 Å². The summed E-state index contributed by atoms with van der Waals surface area (Å²) in [6, 6.07) is 7.11. The van der Waals surface area contributed by atoms with E-state index in [1.54, 1.807) is 25.3 Å². The van der Waals surface area contributed by atoms with E-state index >= 15 is 0 Å². The van der Waals surface area contributed by atoms with Crippen LogP contribution in [0, 0.1) is 5.92 Å². The van der Waals surface area contributed by atoms with Gasteiger partial charge in [-0.15, -0.1) is 0 Å². The second-order valence-electron chi connectivity index (χ2n) is 4.94. The third-order valence-electron chi connectivity index (χ3n) is 3.60. The summed E-state index contributed by atoms with van der Waals surface area (Å²) < 4.78 is 10.7. The molecule has 98 valence electrons. The number of hydrogen-bond donors (Lipinski definition) is 0. The van der Waals surface area contributed by atoms with E-state index in [9.17, 15) is 4.79 Å². The molecule has 0 radical (unpaired) electrons. The van der Waals surface area contributed by atoms with Gasteiger partial charge in [-0.25, -0.2) is 4.79 Å². The average Bonchev–Trinajstić information content (AvgIpc) is 2.41. The van der Waals surface area contributed by atoms with Crippen LogP contribution in [-0.4, -0.2) is 19.2 Å². The molecule has 3 nitrogen and oxygen atoms in total. The van der Waals surface area contributed by atoms with Gasteiger partial charge in [0, 0.05) is 0 Å². The lowest BCUT2D eigenvalue weighted by Crippen LogP contribution is -2.28. The van der Waals surface area contributed by atoms with Gasteiger partial charge in [0.2, 0.25) is 0 Å². The maximum absolute atomic E-state index is 12.0. The Labute approximate surface area is 108 Å². The summed E-state index contributed by atoms with van der Waals surface area (Å²) in [6.45, 7) is 2.16. The van der Waals surface area contributed by atoms with Gasteiger partial charge < -0.3 is 9.47 Å². The van der Waals surface area contributed by atoms with Crippen molar-refractivity contribution in [1.29, 1.82) is 0 Å². The lowest BCUT2D eigenvalue weighted by molar-refractivity contribution is 0.00478. The molecule has 0 aromatic heterocycles. The predicted molar refractivity (Wildman–Crippen MR) is 69.8 cm³/mol. The molecule has 1 saturated carbocycles. The zero-order valence-corrected chi connectivity index (χ0v) is 11.0. The summed E-state index contributed by atoms with van der Waals surface area (Å²) in [7, 11) is 1.59. The first kappa shape index (κ1) is 12.9. The zero-order chi connectivity index (χ0) is 13.0. The third-order valence-corrected chi connectivity index (χ3v) is 3.60. The minimum Gasteiger partial charge on any atom is -0.497 e. The first-order valence-corrected chi connectivity index (χ1v) is 6.55. The summed E-state index contributed by atoms with van der Waals surface area (Å²) >= 11 is 0. The van der Waals surface area contributed by atoms with Gasteiger partial charge in [0.1, 0.15) is 11.9 Å². The number of ether oxygens (including phenoxy) is 2. The molecule has 3 heteroatoms. The molecule has 0 bridgehead atoms. The Balaban J connectivity index is 2.02. The van der Waals surface area contributed by atoms with Crippen molar-refractivity contribution in [3.8, 4) is 5.75 Å². The van der Waals surface area contributed by atoms with Crippen LogP contribution in [-0.2, 0) is 4.74 Å². The van der Waals surface area contributed by atoms with Crippen molar-refractivity contribution in [2.45, 2.75) is 38.7 Å². The Morgan fingerprint density at radius 1 is 1.28 bits per heavy atom. The van der Waals surface area contributed by atoms with Crippen molar-refractivity contribution >= 4 is 5.97 Å². The zero-order valence-electron chi connectivity index (χ0n) is 11.0. The summed E-state index contributed by atoms with van der Waals surface area (Å²) in [4.78, 5) is 12.0. The van der Waals surface area contributed by atoms with Crippen LogP contribution in [0.1, 0.15) is 43.0 Å². The summed E-state index contributed by atoms with van der Waals surface area (Å²) in [6.07, 6.45) is 4.60. The van der Waals surface area contributed by atoms with Gasteiger partial charge in [0.05, 0.1) is 12.7 Å². The van der Waals surface area contributed by atoms with Gasteiger partial charge in [-0.3, -0.25) is 0 Å². The highest BCUT2D eigenvalue weighted by Crippen LogP contribution is 2.27. The SMILES string of the molecule is COc1cccc(C(=O)O[C@@H]2CCCC[C@H]2C)c1. The van der Waals surface area contributed by atoms with E-state index in [1.165, 1.54) is 6.42 Å². The van der Waals surface area contributed by atoms with Gasteiger partial charge in [0.15, 0.2) is 0 Å². The number of carbonyl (C=O) groups is 1. The second kappa shape index (κ2) is 5.89. The molecule has 0 heterocycles. The summed E-state index contributed by atoms with van der Waals surface area (Å²) in [5.74, 6) is 0.905. The molecule has 2 rings (SSSR count). The molecule has 0 amide bonds. The van der Waals surface area contributed by atoms with Crippen molar-refractivity contribution in [3.63, 3.8) is 0 Å². The normalized spacial score (nSPS) is 23.4. The molecule has 0 aliphatic heterocycles. The highest BCUT2D eigenvalue weighted by Gasteiger charge is 2.25. The molecule has 0 saturated heterocycles. The van der Waals surface area contributed by atoms with Crippen molar-refractivity contribution in [2.75, 3.05) is 7.11 Å².